The molecular weight excluding hydrogens is 312 g/mol. The maximum atomic E-state index is 12.3. The summed E-state index contributed by atoms with van der Waals surface area (Å²) in [5.41, 5.74) is 3.54. The van der Waals surface area contributed by atoms with Crippen molar-refractivity contribution in [2.24, 2.45) is 0 Å². The third-order valence-corrected chi connectivity index (χ3v) is 4.07. The molecule has 0 saturated heterocycles. The lowest BCUT2D eigenvalue weighted by Gasteiger charge is -2.16. The van der Waals surface area contributed by atoms with Crippen molar-refractivity contribution in [1.29, 1.82) is 5.26 Å². The van der Waals surface area contributed by atoms with E-state index in [1.807, 2.05) is 69.3 Å². The average molecular weight is 332 g/mol. The fourth-order valence-corrected chi connectivity index (χ4v) is 2.87. The van der Waals surface area contributed by atoms with Crippen molar-refractivity contribution in [2.75, 3.05) is 5.32 Å². The molecule has 4 nitrogen and oxygen atoms in total. The quantitative estimate of drug-likeness (QED) is 0.675. The summed E-state index contributed by atoms with van der Waals surface area (Å²) in [4.78, 5) is 12.3. The third-order valence-electron chi connectivity index (χ3n) is 4.07. The van der Waals surface area contributed by atoms with Crippen LogP contribution in [0.25, 0.3) is 6.08 Å². The van der Waals surface area contributed by atoms with E-state index in [-0.39, 0.29) is 11.2 Å². The highest BCUT2D eigenvalue weighted by Gasteiger charge is 2.29. The summed E-state index contributed by atoms with van der Waals surface area (Å²) in [6.45, 7) is 6.06. The summed E-state index contributed by atoms with van der Waals surface area (Å²) in [5.74, 6) is 0.452. The van der Waals surface area contributed by atoms with Gasteiger partial charge in [-0.25, -0.2) is 0 Å². The molecule has 0 spiro atoms. The zero-order valence-electron chi connectivity index (χ0n) is 14.6. The minimum atomic E-state index is -0.413. The second-order valence-corrected chi connectivity index (χ2v) is 6.90. The van der Waals surface area contributed by atoms with Crippen LogP contribution in [-0.4, -0.2) is 11.5 Å². The van der Waals surface area contributed by atoms with Crippen LogP contribution in [0, 0.1) is 18.3 Å². The van der Waals surface area contributed by atoms with E-state index in [1.54, 1.807) is 6.08 Å². The fraction of sp³-hybridized carbons (Fsp3) is 0.238. The van der Waals surface area contributed by atoms with Crippen molar-refractivity contribution in [3.63, 3.8) is 0 Å². The van der Waals surface area contributed by atoms with Gasteiger partial charge in [-0.3, -0.25) is 4.79 Å². The number of rotatable bonds is 3. The topological polar surface area (TPSA) is 62.1 Å². The van der Waals surface area contributed by atoms with Gasteiger partial charge in [0.1, 0.15) is 23.0 Å². The van der Waals surface area contributed by atoms with Crippen LogP contribution < -0.4 is 10.1 Å². The van der Waals surface area contributed by atoms with Crippen LogP contribution in [0.4, 0.5) is 5.69 Å². The molecule has 0 radical (unpaired) electrons. The lowest BCUT2D eigenvalue weighted by molar-refractivity contribution is -0.112. The minimum Gasteiger partial charge on any atom is -0.487 e. The molecule has 0 unspecified atom stereocenters. The number of hydrogen-bond donors (Lipinski definition) is 1. The van der Waals surface area contributed by atoms with Crippen molar-refractivity contribution < 1.29 is 9.53 Å². The number of benzene rings is 2. The molecule has 126 valence electrons. The zero-order valence-corrected chi connectivity index (χ0v) is 14.6. The molecule has 1 aliphatic heterocycles. The van der Waals surface area contributed by atoms with Gasteiger partial charge in [-0.1, -0.05) is 23.8 Å². The number of hydrogen-bond acceptors (Lipinski definition) is 3. The van der Waals surface area contributed by atoms with E-state index in [9.17, 15) is 10.1 Å². The lowest BCUT2D eigenvalue weighted by atomic mass is 9.99. The van der Waals surface area contributed by atoms with E-state index in [4.69, 9.17) is 4.74 Å². The zero-order chi connectivity index (χ0) is 18.0. The Balaban J connectivity index is 1.80. The molecule has 0 fully saturated rings. The number of nitrogens with one attached hydrogen (secondary N) is 1. The number of carbonyl (C=O) groups excluding carboxylic acids is 1. The predicted octanol–water partition coefficient (Wildman–Crippen LogP) is 4.25. The first kappa shape index (κ1) is 16.8. The highest BCUT2D eigenvalue weighted by molar-refractivity contribution is 6.09. The molecule has 0 aromatic heterocycles. The normalized spacial score (nSPS) is 15.0. The number of ether oxygens (including phenoxy) is 1. The maximum absolute atomic E-state index is 12.3. The lowest BCUT2D eigenvalue weighted by Crippen LogP contribution is -2.24. The highest BCUT2D eigenvalue weighted by Crippen LogP contribution is 2.35. The van der Waals surface area contributed by atoms with Gasteiger partial charge in [0.05, 0.1) is 0 Å². The van der Waals surface area contributed by atoms with Crippen LogP contribution >= 0.6 is 0 Å². The Labute approximate surface area is 147 Å². The van der Waals surface area contributed by atoms with Gasteiger partial charge in [-0.15, -0.1) is 0 Å². The smallest absolute Gasteiger partial charge is 0.266 e. The van der Waals surface area contributed by atoms with Crippen LogP contribution in [0.15, 0.2) is 48.0 Å². The molecule has 3 rings (SSSR count). The van der Waals surface area contributed by atoms with Gasteiger partial charge in [0.2, 0.25) is 0 Å². The second kappa shape index (κ2) is 6.45. The van der Waals surface area contributed by atoms with Gasteiger partial charge in [0.25, 0.3) is 5.91 Å². The third kappa shape index (κ3) is 3.89. The van der Waals surface area contributed by atoms with Gasteiger partial charge in [0.15, 0.2) is 0 Å². The van der Waals surface area contributed by atoms with Crippen molar-refractivity contribution in [3.05, 3.63) is 64.7 Å². The van der Waals surface area contributed by atoms with Gasteiger partial charge in [-0.05, 0) is 62.2 Å². The molecule has 0 atom stereocenters. The van der Waals surface area contributed by atoms with Crippen LogP contribution in [0.5, 0.6) is 5.75 Å². The Bertz CT molecular complexity index is 887. The maximum Gasteiger partial charge on any atom is 0.266 e. The Hall–Kier alpha value is -3.06. The van der Waals surface area contributed by atoms with Crippen LogP contribution in [0.2, 0.25) is 0 Å². The fourth-order valence-electron chi connectivity index (χ4n) is 2.87. The van der Waals surface area contributed by atoms with Crippen molar-refractivity contribution in [1.82, 2.24) is 0 Å². The van der Waals surface area contributed by atoms with Crippen LogP contribution in [0.1, 0.15) is 30.5 Å². The summed E-state index contributed by atoms with van der Waals surface area (Å²) in [6, 6.07) is 15.2. The van der Waals surface area contributed by atoms with Gasteiger partial charge < -0.3 is 10.1 Å². The minimum absolute atomic E-state index is 0.0682. The van der Waals surface area contributed by atoms with Crippen molar-refractivity contribution in [3.8, 4) is 11.8 Å². The Morgan fingerprint density at radius 1 is 1.24 bits per heavy atom. The summed E-state index contributed by atoms with van der Waals surface area (Å²) < 4.78 is 5.85. The standard InChI is InChI=1S/C21H20N2O2/c1-14-4-7-18(8-5-14)23-20(24)17(13-22)11-15-6-9-19-16(10-15)12-21(2,3)25-19/h4-11H,12H2,1-3H3,(H,23,24)/b17-11-. The Morgan fingerprint density at radius 2 is 1.96 bits per heavy atom. The molecule has 2 aromatic carbocycles. The molecule has 1 aliphatic rings. The van der Waals surface area contributed by atoms with E-state index in [0.717, 1.165) is 28.9 Å². The van der Waals surface area contributed by atoms with E-state index >= 15 is 0 Å². The largest absolute Gasteiger partial charge is 0.487 e. The molecular formula is C21H20N2O2. The molecule has 0 aliphatic carbocycles. The first-order valence-corrected chi connectivity index (χ1v) is 8.18. The number of fused-ring (bicyclic) bond motifs is 1. The number of nitrogens with zero attached hydrogens (tertiary/aromatic N) is 1. The summed E-state index contributed by atoms with van der Waals surface area (Å²) in [6.07, 6.45) is 2.41. The number of anilines is 1. The van der Waals surface area contributed by atoms with Gasteiger partial charge >= 0.3 is 0 Å². The first-order valence-electron chi connectivity index (χ1n) is 8.18. The molecule has 1 N–H and O–H groups in total. The van der Waals surface area contributed by atoms with Crippen LogP contribution in [-0.2, 0) is 11.2 Å². The van der Waals surface area contributed by atoms with E-state index in [2.05, 4.69) is 5.32 Å². The molecule has 1 amide bonds. The van der Waals surface area contributed by atoms with Gasteiger partial charge in [-0.2, -0.15) is 5.26 Å². The molecule has 1 heterocycles. The molecule has 25 heavy (non-hydrogen) atoms. The van der Waals surface area contributed by atoms with E-state index in [1.165, 1.54) is 0 Å². The Kier molecular flexibility index (Phi) is 4.33. The average Bonchev–Trinajstić information content (AvgIpc) is 2.87. The molecule has 0 bridgehead atoms. The monoisotopic (exact) mass is 332 g/mol. The Morgan fingerprint density at radius 3 is 2.64 bits per heavy atom. The van der Waals surface area contributed by atoms with Gasteiger partial charge in [0, 0.05) is 12.1 Å². The first-order chi connectivity index (χ1) is 11.9. The predicted molar refractivity (Wildman–Crippen MR) is 98.3 cm³/mol. The van der Waals surface area contributed by atoms with E-state index < -0.39 is 5.91 Å². The summed E-state index contributed by atoms with van der Waals surface area (Å²) in [5, 5.41) is 12.1. The molecule has 0 saturated carbocycles. The molecule has 2 aromatic rings. The molecule has 4 heteroatoms. The van der Waals surface area contributed by atoms with Crippen LogP contribution in [0.3, 0.4) is 0 Å². The SMILES string of the molecule is Cc1ccc(NC(=O)/C(C#N)=C\c2ccc3c(c2)CC(C)(C)O3)cc1. The second-order valence-electron chi connectivity index (χ2n) is 6.90. The summed E-state index contributed by atoms with van der Waals surface area (Å²) in [7, 11) is 0. The summed E-state index contributed by atoms with van der Waals surface area (Å²) >= 11 is 0. The van der Waals surface area contributed by atoms with Crippen molar-refractivity contribution in [2.45, 2.75) is 32.8 Å². The number of nitriles is 1. The number of aryl methyl sites for hydroxylation is 1. The van der Waals surface area contributed by atoms with E-state index in [0.29, 0.717) is 5.69 Å². The number of amides is 1. The number of carbonyl (C=O) groups is 1. The highest BCUT2D eigenvalue weighted by atomic mass is 16.5. The van der Waals surface area contributed by atoms with Crippen molar-refractivity contribution >= 4 is 17.7 Å².